The molecular formula is C7H6ClNO3. The maximum absolute atomic E-state index is 10.9. The minimum atomic E-state index is -0.632. The highest BCUT2D eigenvalue weighted by Gasteiger charge is 2.11. The minimum absolute atomic E-state index is 0.0544. The van der Waals surface area contributed by atoms with Gasteiger partial charge in [0.2, 0.25) is 5.78 Å². The van der Waals surface area contributed by atoms with E-state index in [2.05, 4.69) is 0 Å². The van der Waals surface area contributed by atoms with Gasteiger partial charge in [-0.05, 0) is 0 Å². The summed E-state index contributed by atoms with van der Waals surface area (Å²) in [5.41, 5.74) is 5.10. The molecule has 1 amide bonds. The van der Waals surface area contributed by atoms with E-state index in [4.69, 9.17) is 21.8 Å². The number of carbonyl (C=O) groups is 2. The highest BCUT2D eigenvalue weighted by atomic mass is 35.5. The molecule has 1 aromatic rings. The molecule has 0 fully saturated rings. The lowest BCUT2D eigenvalue weighted by Gasteiger charge is -1.85. The molecule has 4 nitrogen and oxygen atoms in total. The molecule has 5 heteroatoms. The second kappa shape index (κ2) is 3.40. The van der Waals surface area contributed by atoms with Gasteiger partial charge in [0.25, 0.3) is 5.91 Å². The van der Waals surface area contributed by atoms with Gasteiger partial charge in [-0.2, -0.15) is 0 Å². The summed E-state index contributed by atoms with van der Waals surface area (Å²) in [6.07, 6.45) is 1.13. The molecule has 0 bridgehead atoms. The van der Waals surface area contributed by atoms with Gasteiger partial charge in [0.05, 0.1) is 11.4 Å². The quantitative estimate of drug-likeness (QED) is 0.562. The Hall–Kier alpha value is -1.29. The zero-order valence-corrected chi connectivity index (χ0v) is 6.80. The average Bonchev–Trinajstić information content (AvgIpc) is 2.51. The van der Waals surface area contributed by atoms with E-state index < -0.39 is 5.91 Å². The van der Waals surface area contributed by atoms with Crippen molar-refractivity contribution in [2.45, 2.75) is 0 Å². The topological polar surface area (TPSA) is 73.3 Å². The molecular weight excluding hydrogens is 182 g/mol. The summed E-state index contributed by atoms with van der Waals surface area (Å²) >= 11 is 5.25. The number of amides is 1. The number of nitrogens with two attached hydrogens (primary N) is 1. The van der Waals surface area contributed by atoms with Crippen molar-refractivity contribution in [3.63, 3.8) is 0 Å². The SMILES string of the molecule is NC(=O)c1coc(C(=O)CCl)c1. The lowest BCUT2D eigenvalue weighted by molar-refractivity contribution is 0.0985. The average molecular weight is 188 g/mol. The third kappa shape index (κ3) is 1.65. The number of hydrogen-bond acceptors (Lipinski definition) is 3. The highest BCUT2D eigenvalue weighted by molar-refractivity contribution is 6.30. The van der Waals surface area contributed by atoms with Crippen LogP contribution < -0.4 is 5.73 Å². The fourth-order valence-electron chi connectivity index (χ4n) is 0.678. The van der Waals surface area contributed by atoms with Crippen LogP contribution in [0.3, 0.4) is 0 Å². The summed E-state index contributed by atoms with van der Waals surface area (Å²) in [4.78, 5) is 21.4. The van der Waals surface area contributed by atoms with Gasteiger partial charge in [0.1, 0.15) is 6.26 Å². The van der Waals surface area contributed by atoms with Gasteiger partial charge in [0.15, 0.2) is 5.76 Å². The summed E-state index contributed by atoms with van der Waals surface area (Å²) in [6.45, 7) is 0. The normalized spacial score (nSPS) is 9.75. The van der Waals surface area contributed by atoms with Crippen molar-refractivity contribution in [3.8, 4) is 0 Å². The first-order valence-electron chi connectivity index (χ1n) is 3.12. The Morgan fingerprint density at radius 1 is 1.58 bits per heavy atom. The largest absolute Gasteiger partial charge is 0.460 e. The Morgan fingerprint density at radius 3 is 2.67 bits per heavy atom. The first-order chi connectivity index (χ1) is 5.65. The number of ketones is 1. The number of rotatable bonds is 3. The van der Waals surface area contributed by atoms with Gasteiger partial charge in [-0.3, -0.25) is 9.59 Å². The number of carbonyl (C=O) groups excluding carboxylic acids is 2. The third-order valence-corrected chi connectivity index (χ3v) is 1.52. The van der Waals surface area contributed by atoms with Crippen molar-refractivity contribution in [1.29, 1.82) is 0 Å². The maximum atomic E-state index is 10.9. The number of halogens is 1. The van der Waals surface area contributed by atoms with Crippen molar-refractivity contribution < 1.29 is 14.0 Å². The van der Waals surface area contributed by atoms with Gasteiger partial charge in [0, 0.05) is 6.07 Å². The van der Waals surface area contributed by atoms with Crippen molar-refractivity contribution >= 4 is 23.3 Å². The monoisotopic (exact) mass is 187 g/mol. The van der Waals surface area contributed by atoms with Crippen LogP contribution in [0, 0.1) is 0 Å². The van der Waals surface area contributed by atoms with Crippen molar-refractivity contribution in [2.75, 3.05) is 5.88 Å². The molecule has 0 radical (unpaired) electrons. The molecule has 0 atom stereocenters. The van der Waals surface area contributed by atoms with Crippen LogP contribution in [0.4, 0.5) is 0 Å². The molecule has 0 saturated carbocycles. The van der Waals surface area contributed by atoms with Crippen LogP contribution >= 0.6 is 11.6 Å². The second-order valence-corrected chi connectivity index (χ2v) is 2.39. The molecule has 1 heterocycles. The summed E-state index contributed by atoms with van der Waals surface area (Å²) in [6, 6.07) is 1.27. The Bertz CT molecular complexity index is 318. The van der Waals surface area contributed by atoms with Crippen molar-refractivity contribution in [2.24, 2.45) is 5.73 Å². The molecule has 0 saturated heterocycles. The van der Waals surface area contributed by atoms with Crippen LogP contribution in [0.5, 0.6) is 0 Å². The molecule has 0 aliphatic heterocycles. The predicted molar refractivity (Wildman–Crippen MR) is 42.3 cm³/mol. The fraction of sp³-hybridized carbons (Fsp3) is 0.143. The van der Waals surface area contributed by atoms with E-state index >= 15 is 0 Å². The fourth-order valence-corrected chi connectivity index (χ4v) is 0.809. The summed E-state index contributed by atoms with van der Waals surface area (Å²) in [7, 11) is 0. The zero-order chi connectivity index (χ0) is 9.14. The van der Waals surface area contributed by atoms with E-state index in [1.165, 1.54) is 6.07 Å². The summed E-state index contributed by atoms with van der Waals surface area (Å²) in [5.74, 6) is -1.12. The molecule has 2 N–H and O–H groups in total. The van der Waals surface area contributed by atoms with Gasteiger partial charge in [-0.15, -0.1) is 11.6 Å². The van der Waals surface area contributed by atoms with Crippen LogP contribution in [0.15, 0.2) is 16.7 Å². The van der Waals surface area contributed by atoms with Crippen molar-refractivity contribution in [3.05, 3.63) is 23.7 Å². The van der Waals surface area contributed by atoms with Crippen LogP contribution in [0.1, 0.15) is 20.9 Å². The van der Waals surface area contributed by atoms with Gasteiger partial charge in [-0.25, -0.2) is 0 Å². The minimum Gasteiger partial charge on any atom is -0.460 e. The lowest BCUT2D eigenvalue weighted by Crippen LogP contribution is -2.09. The van der Waals surface area contributed by atoms with E-state index in [0.29, 0.717) is 0 Å². The maximum Gasteiger partial charge on any atom is 0.251 e. The Labute approximate surface area is 73.3 Å². The van der Waals surface area contributed by atoms with Crippen molar-refractivity contribution in [1.82, 2.24) is 0 Å². The third-order valence-electron chi connectivity index (χ3n) is 1.28. The van der Waals surface area contributed by atoms with E-state index in [1.807, 2.05) is 0 Å². The highest BCUT2D eigenvalue weighted by Crippen LogP contribution is 2.08. The van der Waals surface area contributed by atoms with Crippen LogP contribution in [-0.2, 0) is 0 Å². The first kappa shape index (κ1) is 8.80. The molecule has 12 heavy (non-hydrogen) atoms. The zero-order valence-electron chi connectivity index (χ0n) is 6.04. The summed E-state index contributed by atoms with van der Waals surface area (Å²) in [5, 5.41) is 0. The van der Waals surface area contributed by atoms with Crippen LogP contribution in [-0.4, -0.2) is 17.6 Å². The molecule has 64 valence electrons. The predicted octanol–water partition coefficient (Wildman–Crippen LogP) is 0.800. The van der Waals surface area contributed by atoms with E-state index in [0.717, 1.165) is 6.26 Å². The van der Waals surface area contributed by atoms with E-state index in [9.17, 15) is 9.59 Å². The number of furan rings is 1. The number of alkyl halides is 1. The second-order valence-electron chi connectivity index (χ2n) is 2.12. The summed E-state index contributed by atoms with van der Waals surface area (Å²) < 4.78 is 4.74. The standard InChI is InChI=1S/C7H6ClNO3/c8-2-5(10)6-1-4(3-12-6)7(9)11/h1,3H,2H2,(H2,9,11). The van der Waals surface area contributed by atoms with Gasteiger partial charge >= 0.3 is 0 Å². The Kier molecular flexibility index (Phi) is 2.50. The van der Waals surface area contributed by atoms with Crippen LogP contribution in [0.2, 0.25) is 0 Å². The number of hydrogen-bond donors (Lipinski definition) is 1. The molecule has 0 aliphatic carbocycles. The number of Topliss-reactive ketones (excluding diaryl/α,β-unsaturated/α-hetero) is 1. The van der Waals surface area contributed by atoms with Gasteiger partial charge in [-0.1, -0.05) is 0 Å². The molecule has 1 rings (SSSR count). The van der Waals surface area contributed by atoms with Crippen LogP contribution in [0.25, 0.3) is 0 Å². The molecule has 0 aliphatic rings. The molecule has 0 aromatic carbocycles. The number of primary amides is 1. The first-order valence-corrected chi connectivity index (χ1v) is 3.66. The van der Waals surface area contributed by atoms with E-state index in [-0.39, 0.29) is 23.0 Å². The van der Waals surface area contributed by atoms with Gasteiger partial charge < -0.3 is 10.2 Å². The Balaban J connectivity index is 2.91. The Morgan fingerprint density at radius 2 is 2.25 bits per heavy atom. The lowest BCUT2D eigenvalue weighted by atomic mass is 10.2. The van der Waals surface area contributed by atoms with E-state index in [1.54, 1.807) is 0 Å². The molecule has 1 aromatic heterocycles. The smallest absolute Gasteiger partial charge is 0.251 e. The molecule has 0 spiro atoms. The molecule has 0 unspecified atom stereocenters.